The largest absolute Gasteiger partial charge is 0.375 e. The summed E-state index contributed by atoms with van der Waals surface area (Å²) in [5.41, 5.74) is 0.896. The predicted octanol–water partition coefficient (Wildman–Crippen LogP) is 2.68. The fraction of sp³-hybridized carbons (Fsp3) is 0.471. The topological polar surface area (TPSA) is 68.5 Å². The van der Waals surface area contributed by atoms with Crippen molar-refractivity contribution in [2.24, 2.45) is 0 Å². The molecule has 1 aliphatic heterocycles. The summed E-state index contributed by atoms with van der Waals surface area (Å²) in [7, 11) is 1.56. The molecule has 1 aromatic heterocycles. The number of hydrogen-bond acceptors (Lipinski definition) is 5. The summed E-state index contributed by atoms with van der Waals surface area (Å²) in [5.74, 6) is 0.509. The Bertz CT molecular complexity index is 732. The molecule has 1 saturated heterocycles. The van der Waals surface area contributed by atoms with Gasteiger partial charge in [0.15, 0.2) is 5.82 Å². The van der Waals surface area contributed by atoms with Crippen molar-refractivity contribution in [1.82, 2.24) is 15.0 Å². The van der Waals surface area contributed by atoms with E-state index in [0.29, 0.717) is 35.9 Å². The normalized spacial score (nSPS) is 18.0. The van der Waals surface area contributed by atoms with Crippen LogP contribution in [0, 0.1) is 12.7 Å². The molecule has 1 aliphatic rings. The van der Waals surface area contributed by atoms with Crippen LogP contribution >= 0.6 is 0 Å². The van der Waals surface area contributed by atoms with Gasteiger partial charge in [0.25, 0.3) is 11.8 Å². The summed E-state index contributed by atoms with van der Waals surface area (Å²) in [4.78, 5) is 18.7. The number of nitrogens with zero attached hydrogens (tertiary/aromatic N) is 3. The highest BCUT2D eigenvalue weighted by molar-refractivity contribution is 5.94. The van der Waals surface area contributed by atoms with Crippen molar-refractivity contribution in [2.45, 2.75) is 32.3 Å². The molecule has 24 heavy (non-hydrogen) atoms. The molecule has 0 saturated carbocycles. The van der Waals surface area contributed by atoms with Crippen molar-refractivity contribution >= 4 is 5.91 Å². The van der Waals surface area contributed by atoms with Crippen LogP contribution in [-0.2, 0) is 11.3 Å². The molecule has 3 rings (SSSR count). The Morgan fingerprint density at radius 2 is 2.33 bits per heavy atom. The van der Waals surface area contributed by atoms with E-state index in [9.17, 15) is 9.18 Å². The van der Waals surface area contributed by atoms with Crippen molar-refractivity contribution in [3.05, 3.63) is 46.9 Å². The van der Waals surface area contributed by atoms with E-state index in [-0.39, 0.29) is 24.2 Å². The Morgan fingerprint density at radius 3 is 3.08 bits per heavy atom. The molecule has 7 heteroatoms. The highest BCUT2D eigenvalue weighted by Gasteiger charge is 2.28. The first-order valence-corrected chi connectivity index (χ1v) is 7.95. The average Bonchev–Trinajstić information content (AvgIpc) is 3.06. The Labute approximate surface area is 139 Å². The van der Waals surface area contributed by atoms with E-state index in [0.717, 1.165) is 12.8 Å². The zero-order valence-corrected chi connectivity index (χ0v) is 13.8. The summed E-state index contributed by atoms with van der Waals surface area (Å²) in [6, 6.07) is 4.59. The zero-order valence-electron chi connectivity index (χ0n) is 13.8. The summed E-state index contributed by atoms with van der Waals surface area (Å²) in [6.07, 6.45) is 1.73. The second-order valence-electron chi connectivity index (χ2n) is 6.03. The Kier molecular flexibility index (Phi) is 4.89. The van der Waals surface area contributed by atoms with Gasteiger partial charge < -0.3 is 14.2 Å². The quantitative estimate of drug-likeness (QED) is 0.860. The Balaban J connectivity index is 1.72. The van der Waals surface area contributed by atoms with E-state index in [1.807, 2.05) is 0 Å². The highest BCUT2D eigenvalue weighted by atomic mass is 19.1. The number of hydrogen-bond donors (Lipinski definition) is 0. The number of halogens is 1. The summed E-state index contributed by atoms with van der Waals surface area (Å²) >= 11 is 0. The number of aryl methyl sites for hydroxylation is 1. The molecule has 6 nitrogen and oxygen atoms in total. The lowest BCUT2D eigenvalue weighted by molar-refractivity contribution is 0.0703. The van der Waals surface area contributed by atoms with Crippen LogP contribution in [0.15, 0.2) is 22.7 Å². The van der Waals surface area contributed by atoms with Crippen molar-refractivity contribution in [2.75, 3.05) is 20.2 Å². The van der Waals surface area contributed by atoms with E-state index in [4.69, 9.17) is 9.26 Å². The van der Waals surface area contributed by atoms with Gasteiger partial charge in [0.2, 0.25) is 0 Å². The van der Waals surface area contributed by atoms with Crippen molar-refractivity contribution in [3.63, 3.8) is 0 Å². The summed E-state index contributed by atoms with van der Waals surface area (Å²) in [5, 5.41) is 3.99. The van der Waals surface area contributed by atoms with Crippen LogP contribution < -0.4 is 0 Å². The number of rotatable bonds is 4. The second-order valence-corrected chi connectivity index (χ2v) is 6.03. The third-order valence-corrected chi connectivity index (χ3v) is 4.24. The van der Waals surface area contributed by atoms with Crippen LogP contribution in [0.3, 0.4) is 0 Å². The van der Waals surface area contributed by atoms with Gasteiger partial charge in [-0.1, -0.05) is 11.2 Å². The van der Waals surface area contributed by atoms with Gasteiger partial charge in [-0.15, -0.1) is 0 Å². The highest BCUT2D eigenvalue weighted by Crippen LogP contribution is 2.26. The summed E-state index contributed by atoms with van der Waals surface area (Å²) < 4.78 is 23.8. The zero-order chi connectivity index (χ0) is 17.1. The first-order chi connectivity index (χ1) is 11.6. The van der Waals surface area contributed by atoms with Gasteiger partial charge in [0.05, 0.1) is 0 Å². The average molecular weight is 333 g/mol. The van der Waals surface area contributed by atoms with Gasteiger partial charge in [-0.3, -0.25) is 4.79 Å². The number of amides is 1. The van der Waals surface area contributed by atoms with Gasteiger partial charge in [-0.2, -0.15) is 4.98 Å². The number of ether oxygens (including phenoxy) is 1. The molecular formula is C17H20FN3O3. The van der Waals surface area contributed by atoms with E-state index in [1.165, 1.54) is 6.07 Å². The fourth-order valence-corrected chi connectivity index (χ4v) is 2.90. The van der Waals surface area contributed by atoms with E-state index < -0.39 is 0 Å². The molecule has 128 valence electrons. The smallest absolute Gasteiger partial charge is 0.253 e. The molecule has 1 unspecified atom stereocenters. The molecule has 0 radical (unpaired) electrons. The van der Waals surface area contributed by atoms with Crippen LogP contribution in [0.1, 0.15) is 46.4 Å². The first kappa shape index (κ1) is 16.6. The number of methoxy groups -OCH3 is 1. The molecule has 2 aromatic rings. The predicted molar refractivity (Wildman–Crippen MR) is 84.0 cm³/mol. The number of piperidine rings is 1. The second kappa shape index (κ2) is 7.09. The van der Waals surface area contributed by atoms with Gasteiger partial charge in [0, 0.05) is 31.7 Å². The van der Waals surface area contributed by atoms with E-state index >= 15 is 0 Å². The van der Waals surface area contributed by atoms with Gasteiger partial charge in [-0.05, 0) is 37.5 Å². The minimum atomic E-state index is -0.364. The number of carbonyl (C=O) groups excluding carboxylic acids is 1. The molecule has 0 aliphatic carbocycles. The van der Waals surface area contributed by atoms with Crippen LogP contribution in [-0.4, -0.2) is 41.1 Å². The van der Waals surface area contributed by atoms with Gasteiger partial charge >= 0.3 is 0 Å². The SMILES string of the molecule is COCc1nc(C2CCCN(C(=O)c3ccc(C)c(F)c3)C2)no1. The first-order valence-electron chi connectivity index (χ1n) is 7.95. The molecule has 0 bridgehead atoms. The summed E-state index contributed by atoms with van der Waals surface area (Å²) in [6.45, 7) is 3.09. The lowest BCUT2D eigenvalue weighted by Crippen LogP contribution is -2.39. The number of carbonyl (C=O) groups is 1. The molecule has 0 N–H and O–H groups in total. The standard InChI is InChI=1S/C17H20FN3O3/c1-11-5-6-12(8-14(11)18)17(22)21-7-3-4-13(9-21)16-19-15(10-23-2)24-20-16/h5-6,8,13H,3-4,7,9-10H2,1-2H3. The van der Waals surface area contributed by atoms with Crippen molar-refractivity contribution < 1.29 is 18.4 Å². The molecule has 1 aromatic carbocycles. The maximum atomic E-state index is 13.7. The molecule has 1 atom stereocenters. The van der Waals surface area contributed by atoms with Gasteiger partial charge in [0.1, 0.15) is 12.4 Å². The van der Waals surface area contributed by atoms with Crippen molar-refractivity contribution in [1.29, 1.82) is 0 Å². The van der Waals surface area contributed by atoms with Crippen LogP contribution in [0.25, 0.3) is 0 Å². The lowest BCUT2D eigenvalue weighted by atomic mass is 9.96. The molecule has 0 spiro atoms. The Morgan fingerprint density at radius 1 is 1.50 bits per heavy atom. The minimum absolute atomic E-state index is 0.0207. The third kappa shape index (κ3) is 3.46. The minimum Gasteiger partial charge on any atom is -0.375 e. The van der Waals surface area contributed by atoms with Crippen molar-refractivity contribution in [3.8, 4) is 0 Å². The van der Waals surface area contributed by atoms with E-state index in [2.05, 4.69) is 10.1 Å². The van der Waals surface area contributed by atoms with E-state index in [1.54, 1.807) is 31.1 Å². The fourth-order valence-electron chi connectivity index (χ4n) is 2.90. The monoisotopic (exact) mass is 333 g/mol. The van der Waals surface area contributed by atoms with Gasteiger partial charge in [-0.25, -0.2) is 4.39 Å². The third-order valence-electron chi connectivity index (χ3n) is 4.24. The maximum Gasteiger partial charge on any atom is 0.253 e. The molecule has 2 heterocycles. The Hall–Kier alpha value is -2.28. The molecular weight excluding hydrogens is 313 g/mol. The number of aromatic nitrogens is 2. The van der Waals surface area contributed by atoms with Crippen LogP contribution in [0.4, 0.5) is 4.39 Å². The lowest BCUT2D eigenvalue weighted by Gasteiger charge is -2.31. The van der Waals surface area contributed by atoms with Crippen LogP contribution in [0.2, 0.25) is 0 Å². The molecule has 1 fully saturated rings. The number of benzene rings is 1. The molecule has 1 amide bonds. The maximum absolute atomic E-state index is 13.7. The van der Waals surface area contributed by atoms with Crippen LogP contribution in [0.5, 0.6) is 0 Å². The number of likely N-dealkylation sites (tertiary alicyclic amines) is 1.